The van der Waals surface area contributed by atoms with Crippen molar-refractivity contribution < 1.29 is 9.53 Å². The molecular formula is C13H16O2. The van der Waals surface area contributed by atoms with E-state index in [1.165, 1.54) is 18.2 Å². The lowest BCUT2D eigenvalue weighted by Crippen LogP contribution is -2.02. The Morgan fingerprint density at radius 2 is 2.07 bits per heavy atom. The summed E-state index contributed by atoms with van der Waals surface area (Å²) in [6, 6.07) is 5.60. The standard InChI is InChI=1S/C13H16O2/c1-5-9(2)12-7-6-11(8-10(12)3)13(14)15-4/h5-8H,1-4H3/b9-5-. The highest BCUT2D eigenvalue weighted by atomic mass is 16.5. The number of hydrogen-bond acceptors (Lipinski definition) is 2. The molecule has 0 spiro atoms. The predicted octanol–water partition coefficient (Wildman–Crippen LogP) is 3.20. The molecule has 1 aromatic rings. The third-order valence-corrected chi connectivity index (χ3v) is 2.51. The molecule has 0 atom stereocenters. The molecule has 0 N–H and O–H groups in total. The van der Waals surface area contributed by atoms with Crippen LogP contribution in [0.1, 0.15) is 35.3 Å². The zero-order valence-electron chi connectivity index (χ0n) is 9.63. The van der Waals surface area contributed by atoms with Crippen LogP contribution in [0.15, 0.2) is 24.3 Å². The van der Waals surface area contributed by atoms with Gasteiger partial charge in [-0.2, -0.15) is 0 Å². The number of hydrogen-bond donors (Lipinski definition) is 0. The maximum absolute atomic E-state index is 11.3. The average Bonchev–Trinajstić information content (AvgIpc) is 2.26. The zero-order valence-corrected chi connectivity index (χ0v) is 9.63. The van der Waals surface area contributed by atoms with Crippen LogP contribution >= 0.6 is 0 Å². The van der Waals surface area contributed by atoms with Gasteiger partial charge in [-0.15, -0.1) is 0 Å². The molecule has 1 rings (SSSR count). The molecule has 0 amide bonds. The van der Waals surface area contributed by atoms with E-state index in [9.17, 15) is 4.79 Å². The number of methoxy groups -OCH3 is 1. The van der Waals surface area contributed by atoms with Gasteiger partial charge in [0.05, 0.1) is 12.7 Å². The van der Waals surface area contributed by atoms with Crippen molar-refractivity contribution in [3.63, 3.8) is 0 Å². The van der Waals surface area contributed by atoms with Crippen LogP contribution < -0.4 is 0 Å². The summed E-state index contributed by atoms with van der Waals surface area (Å²) in [5.74, 6) is -0.289. The highest BCUT2D eigenvalue weighted by molar-refractivity contribution is 5.90. The third-order valence-electron chi connectivity index (χ3n) is 2.51. The van der Waals surface area contributed by atoms with Gasteiger partial charge in [0.2, 0.25) is 0 Å². The Kier molecular flexibility index (Phi) is 3.67. The fourth-order valence-electron chi connectivity index (χ4n) is 1.51. The molecule has 0 fully saturated rings. The smallest absolute Gasteiger partial charge is 0.337 e. The first-order chi connectivity index (χ1) is 7.10. The molecule has 0 bridgehead atoms. The molecule has 0 aliphatic rings. The topological polar surface area (TPSA) is 26.3 Å². The van der Waals surface area contributed by atoms with E-state index in [2.05, 4.69) is 17.7 Å². The lowest BCUT2D eigenvalue weighted by Gasteiger charge is -2.07. The second-order valence-electron chi connectivity index (χ2n) is 3.49. The second-order valence-corrected chi connectivity index (χ2v) is 3.49. The minimum Gasteiger partial charge on any atom is -0.465 e. The zero-order chi connectivity index (χ0) is 11.4. The molecule has 0 aliphatic carbocycles. The van der Waals surface area contributed by atoms with Crippen LogP contribution in [-0.2, 0) is 4.74 Å². The van der Waals surface area contributed by atoms with Crippen LogP contribution in [0, 0.1) is 6.92 Å². The summed E-state index contributed by atoms with van der Waals surface area (Å²) in [5.41, 5.74) is 4.07. The number of esters is 1. The van der Waals surface area contributed by atoms with E-state index in [4.69, 9.17) is 0 Å². The van der Waals surface area contributed by atoms with Crippen LogP contribution in [-0.4, -0.2) is 13.1 Å². The van der Waals surface area contributed by atoms with E-state index >= 15 is 0 Å². The second kappa shape index (κ2) is 4.78. The van der Waals surface area contributed by atoms with E-state index in [0.717, 1.165) is 5.56 Å². The fourth-order valence-corrected chi connectivity index (χ4v) is 1.51. The molecule has 2 nitrogen and oxygen atoms in total. The summed E-state index contributed by atoms with van der Waals surface area (Å²) >= 11 is 0. The number of carbonyl (C=O) groups excluding carboxylic acids is 1. The van der Waals surface area contributed by atoms with Crippen LogP contribution in [0.3, 0.4) is 0 Å². The molecule has 0 saturated carbocycles. The van der Waals surface area contributed by atoms with Gasteiger partial charge in [0.15, 0.2) is 0 Å². The highest BCUT2D eigenvalue weighted by Gasteiger charge is 2.07. The van der Waals surface area contributed by atoms with Gasteiger partial charge < -0.3 is 4.74 Å². The molecule has 15 heavy (non-hydrogen) atoms. The lowest BCUT2D eigenvalue weighted by atomic mass is 9.99. The first-order valence-electron chi connectivity index (χ1n) is 4.92. The van der Waals surface area contributed by atoms with Crippen molar-refractivity contribution in [3.8, 4) is 0 Å². The first-order valence-corrected chi connectivity index (χ1v) is 4.92. The van der Waals surface area contributed by atoms with Gasteiger partial charge in [-0.25, -0.2) is 4.79 Å². The molecule has 2 heteroatoms. The van der Waals surface area contributed by atoms with Crippen LogP contribution in [0.25, 0.3) is 5.57 Å². The van der Waals surface area contributed by atoms with E-state index < -0.39 is 0 Å². The van der Waals surface area contributed by atoms with Gasteiger partial charge in [-0.05, 0) is 49.6 Å². The molecule has 0 unspecified atom stereocenters. The fraction of sp³-hybridized carbons (Fsp3) is 0.308. The lowest BCUT2D eigenvalue weighted by molar-refractivity contribution is 0.0600. The summed E-state index contributed by atoms with van der Waals surface area (Å²) in [6.45, 7) is 6.05. The minimum absolute atomic E-state index is 0.289. The summed E-state index contributed by atoms with van der Waals surface area (Å²) in [7, 11) is 1.39. The first kappa shape index (κ1) is 11.5. The van der Waals surface area contributed by atoms with Crippen LogP contribution in [0.4, 0.5) is 0 Å². The van der Waals surface area contributed by atoms with Gasteiger partial charge in [0.1, 0.15) is 0 Å². The molecule has 0 aliphatic heterocycles. The van der Waals surface area contributed by atoms with E-state index in [1.807, 2.05) is 26.0 Å². The third kappa shape index (κ3) is 2.46. The van der Waals surface area contributed by atoms with Crippen molar-refractivity contribution in [1.29, 1.82) is 0 Å². The van der Waals surface area contributed by atoms with E-state index in [0.29, 0.717) is 5.56 Å². The van der Waals surface area contributed by atoms with Gasteiger partial charge in [0, 0.05) is 0 Å². The number of ether oxygens (including phenoxy) is 1. The summed E-state index contributed by atoms with van der Waals surface area (Å²) < 4.78 is 4.66. The normalized spacial score (nSPS) is 11.3. The maximum atomic E-state index is 11.3. The number of benzene rings is 1. The molecule has 0 radical (unpaired) electrons. The van der Waals surface area contributed by atoms with Crippen LogP contribution in [0.2, 0.25) is 0 Å². The predicted molar refractivity (Wildman–Crippen MR) is 61.8 cm³/mol. The summed E-state index contributed by atoms with van der Waals surface area (Å²) in [4.78, 5) is 11.3. The monoisotopic (exact) mass is 204 g/mol. The van der Waals surface area contributed by atoms with Crippen LogP contribution in [0.5, 0.6) is 0 Å². The Labute approximate surface area is 90.6 Å². The largest absolute Gasteiger partial charge is 0.465 e. The van der Waals surface area contributed by atoms with E-state index in [-0.39, 0.29) is 5.97 Å². The maximum Gasteiger partial charge on any atom is 0.337 e. The molecule has 80 valence electrons. The Bertz CT molecular complexity index is 403. The summed E-state index contributed by atoms with van der Waals surface area (Å²) in [5, 5.41) is 0. The van der Waals surface area contributed by atoms with Gasteiger partial charge in [-0.3, -0.25) is 0 Å². The molecule has 0 aromatic heterocycles. The van der Waals surface area contributed by atoms with Crippen molar-refractivity contribution in [2.75, 3.05) is 7.11 Å². The quantitative estimate of drug-likeness (QED) is 0.691. The van der Waals surface area contributed by atoms with Gasteiger partial charge in [0.25, 0.3) is 0 Å². The number of carbonyl (C=O) groups is 1. The number of aryl methyl sites for hydroxylation is 1. The molecule has 1 aromatic carbocycles. The Balaban J connectivity index is 3.14. The molecule has 0 saturated heterocycles. The highest BCUT2D eigenvalue weighted by Crippen LogP contribution is 2.19. The SMILES string of the molecule is C/C=C(/C)c1ccc(C(=O)OC)cc1C. The van der Waals surface area contributed by atoms with Gasteiger partial charge >= 0.3 is 5.97 Å². The van der Waals surface area contributed by atoms with E-state index in [1.54, 1.807) is 6.07 Å². The summed E-state index contributed by atoms with van der Waals surface area (Å²) in [6.07, 6.45) is 2.06. The van der Waals surface area contributed by atoms with Gasteiger partial charge in [-0.1, -0.05) is 12.1 Å². The molecule has 0 heterocycles. The minimum atomic E-state index is -0.289. The average molecular weight is 204 g/mol. The van der Waals surface area contributed by atoms with Crippen molar-refractivity contribution in [1.82, 2.24) is 0 Å². The van der Waals surface area contributed by atoms with Crippen molar-refractivity contribution in [2.24, 2.45) is 0 Å². The Hall–Kier alpha value is -1.57. The number of rotatable bonds is 2. The van der Waals surface area contributed by atoms with Crippen molar-refractivity contribution in [2.45, 2.75) is 20.8 Å². The number of allylic oxidation sites excluding steroid dienone is 2. The Morgan fingerprint density at radius 3 is 2.53 bits per heavy atom. The Morgan fingerprint density at radius 1 is 1.40 bits per heavy atom. The van der Waals surface area contributed by atoms with Crippen molar-refractivity contribution >= 4 is 11.5 Å². The van der Waals surface area contributed by atoms with Crippen molar-refractivity contribution in [3.05, 3.63) is 41.0 Å². The molecular weight excluding hydrogens is 188 g/mol.